The smallest absolute Gasteiger partial charge is 0.270 e. The highest BCUT2D eigenvalue weighted by Crippen LogP contribution is 2.27. The van der Waals surface area contributed by atoms with Crippen LogP contribution in [0.3, 0.4) is 0 Å². The fourth-order valence-electron chi connectivity index (χ4n) is 2.66. The summed E-state index contributed by atoms with van der Waals surface area (Å²) in [4.78, 5) is 30.9. The lowest BCUT2D eigenvalue weighted by atomic mass is 9.93. The van der Waals surface area contributed by atoms with Crippen LogP contribution in [0.4, 0.5) is 0 Å². The molecule has 0 spiro atoms. The van der Waals surface area contributed by atoms with Crippen LogP contribution in [0, 0.1) is 0 Å². The van der Waals surface area contributed by atoms with E-state index in [0.717, 1.165) is 12.1 Å². The minimum absolute atomic E-state index is 0.0282. The molecule has 2 N–H and O–H groups in total. The van der Waals surface area contributed by atoms with E-state index < -0.39 is 0 Å². The highest BCUT2D eigenvalue weighted by Gasteiger charge is 2.34. The number of fused-ring (bicyclic) bond motifs is 1. The van der Waals surface area contributed by atoms with Crippen LogP contribution in [0.25, 0.3) is 0 Å². The van der Waals surface area contributed by atoms with Crippen LogP contribution in [0.2, 0.25) is 0 Å². The molecule has 1 aliphatic rings. The van der Waals surface area contributed by atoms with E-state index in [1.165, 1.54) is 0 Å². The summed E-state index contributed by atoms with van der Waals surface area (Å²) >= 11 is 0. The maximum atomic E-state index is 12.4. The number of hydrogen-bond acceptors (Lipinski definition) is 3. The Labute approximate surface area is 119 Å². The SMILES string of the molecule is CC(CN(C)C)NC(=O)C1CN(C)C(=O)c2[nH]ccc21. The summed E-state index contributed by atoms with van der Waals surface area (Å²) < 4.78 is 0. The molecule has 2 rings (SSSR count). The molecule has 0 fully saturated rings. The third kappa shape index (κ3) is 2.85. The van der Waals surface area contributed by atoms with Crippen molar-refractivity contribution in [1.29, 1.82) is 0 Å². The van der Waals surface area contributed by atoms with Crippen molar-refractivity contribution in [2.45, 2.75) is 18.9 Å². The van der Waals surface area contributed by atoms with Gasteiger partial charge in [0.05, 0.1) is 5.92 Å². The van der Waals surface area contributed by atoms with E-state index in [2.05, 4.69) is 10.3 Å². The zero-order valence-electron chi connectivity index (χ0n) is 12.4. The number of aromatic nitrogens is 1. The van der Waals surface area contributed by atoms with Crippen LogP contribution in [-0.4, -0.2) is 66.9 Å². The van der Waals surface area contributed by atoms with Gasteiger partial charge in [-0.15, -0.1) is 0 Å². The van der Waals surface area contributed by atoms with Crippen molar-refractivity contribution in [3.63, 3.8) is 0 Å². The largest absolute Gasteiger partial charge is 0.357 e. The molecule has 1 aliphatic heterocycles. The molecule has 2 unspecified atom stereocenters. The average Bonchev–Trinajstić information content (AvgIpc) is 2.81. The van der Waals surface area contributed by atoms with Crippen molar-refractivity contribution in [3.05, 3.63) is 23.5 Å². The number of aromatic amines is 1. The van der Waals surface area contributed by atoms with Gasteiger partial charge in [0, 0.05) is 32.4 Å². The zero-order chi connectivity index (χ0) is 14.9. The molecule has 0 aromatic carbocycles. The molecule has 6 heteroatoms. The Hall–Kier alpha value is -1.82. The molecule has 1 aromatic rings. The van der Waals surface area contributed by atoms with Crippen LogP contribution in [0.5, 0.6) is 0 Å². The predicted octanol–water partition coefficient (Wildman–Crippen LogP) is 0.250. The molecular formula is C14H22N4O2. The molecular weight excluding hydrogens is 256 g/mol. The molecule has 0 radical (unpaired) electrons. The van der Waals surface area contributed by atoms with Gasteiger partial charge in [-0.2, -0.15) is 0 Å². The van der Waals surface area contributed by atoms with Gasteiger partial charge < -0.3 is 20.1 Å². The second-order valence-electron chi connectivity index (χ2n) is 5.72. The van der Waals surface area contributed by atoms with E-state index in [4.69, 9.17) is 0 Å². The first-order valence-corrected chi connectivity index (χ1v) is 6.78. The fraction of sp³-hybridized carbons (Fsp3) is 0.571. The summed E-state index contributed by atoms with van der Waals surface area (Å²) in [5.41, 5.74) is 1.32. The molecule has 6 nitrogen and oxygen atoms in total. The van der Waals surface area contributed by atoms with E-state index in [-0.39, 0.29) is 23.8 Å². The molecule has 1 aromatic heterocycles. The summed E-state index contributed by atoms with van der Waals surface area (Å²) in [7, 11) is 5.66. The van der Waals surface area contributed by atoms with Crippen molar-refractivity contribution in [2.75, 3.05) is 34.2 Å². The van der Waals surface area contributed by atoms with E-state index in [1.807, 2.05) is 32.0 Å². The predicted molar refractivity (Wildman–Crippen MR) is 76.7 cm³/mol. The Morgan fingerprint density at radius 1 is 1.60 bits per heavy atom. The second-order valence-corrected chi connectivity index (χ2v) is 5.72. The molecule has 2 amide bonds. The fourth-order valence-corrected chi connectivity index (χ4v) is 2.66. The number of likely N-dealkylation sites (N-methyl/N-ethyl adjacent to an activating group) is 2. The lowest BCUT2D eigenvalue weighted by Gasteiger charge is -2.30. The Kier molecular flexibility index (Phi) is 4.13. The monoisotopic (exact) mass is 278 g/mol. The number of nitrogens with zero attached hydrogens (tertiary/aromatic N) is 2. The van der Waals surface area contributed by atoms with Gasteiger partial charge in [-0.05, 0) is 32.6 Å². The summed E-state index contributed by atoms with van der Waals surface area (Å²) in [5, 5.41) is 3.01. The van der Waals surface area contributed by atoms with Crippen LogP contribution in [0.1, 0.15) is 28.9 Å². The van der Waals surface area contributed by atoms with Gasteiger partial charge in [0.25, 0.3) is 5.91 Å². The topological polar surface area (TPSA) is 68.4 Å². The van der Waals surface area contributed by atoms with Gasteiger partial charge in [0.1, 0.15) is 5.69 Å². The van der Waals surface area contributed by atoms with Crippen molar-refractivity contribution < 1.29 is 9.59 Å². The molecule has 110 valence electrons. The quantitative estimate of drug-likeness (QED) is 0.829. The Bertz CT molecular complexity index is 509. The lowest BCUT2D eigenvalue weighted by Crippen LogP contribution is -2.47. The van der Waals surface area contributed by atoms with Crippen molar-refractivity contribution in [2.24, 2.45) is 0 Å². The van der Waals surface area contributed by atoms with Crippen LogP contribution < -0.4 is 5.32 Å². The molecule has 0 saturated heterocycles. The minimum atomic E-state index is -0.302. The Morgan fingerprint density at radius 2 is 2.30 bits per heavy atom. The number of carbonyl (C=O) groups is 2. The van der Waals surface area contributed by atoms with Crippen LogP contribution >= 0.6 is 0 Å². The first-order chi connectivity index (χ1) is 9.40. The number of hydrogen-bond donors (Lipinski definition) is 2. The average molecular weight is 278 g/mol. The third-order valence-electron chi connectivity index (χ3n) is 3.52. The highest BCUT2D eigenvalue weighted by molar-refractivity contribution is 5.99. The molecule has 0 saturated carbocycles. The third-order valence-corrected chi connectivity index (χ3v) is 3.52. The summed E-state index contributed by atoms with van der Waals surface area (Å²) in [6.45, 7) is 3.19. The van der Waals surface area contributed by atoms with E-state index >= 15 is 0 Å². The normalized spacial score (nSPS) is 19.9. The zero-order valence-corrected chi connectivity index (χ0v) is 12.4. The van der Waals surface area contributed by atoms with E-state index in [1.54, 1.807) is 18.1 Å². The summed E-state index contributed by atoms with van der Waals surface area (Å²) in [6.07, 6.45) is 1.71. The number of amides is 2. The highest BCUT2D eigenvalue weighted by atomic mass is 16.2. The molecule has 0 bridgehead atoms. The Morgan fingerprint density at radius 3 is 2.95 bits per heavy atom. The van der Waals surface area contributed by atoms with Gasteiger partial charge >= 0.3 is 0 Å². The van der Waals surface area contributed by atoms with Gasteiger partial charge in [0.15, 0.2) is 0 Å². The van der Waals surface area contributed by atoms with E-state index in [9.17, 15) is 9.59 Å². The number of rotatable bonds is 4. The molecule has 2 heterocycles. The number of nitrogens with one attached hydrogen (secondary N) is 2. The first-order valence-electron chi connectivity index (χ1n) is 6.78. The Balaban J connectivity index is 2.12. The van der Waals surface area contributed by atoms with Crippen molar-refractivity contribution in [1.82, 2.24) is 20.1 Å². The van der Waals surface area contributed by atoms with Gasteiger partial charge in [-0.1, -0.05) is 0 Å². The van der Waals surface area contributed by atoms with Crippen molar-refractivity contribution >= 4 is 11.8 Å². The van der Waals surface area contributed by atoms with Crippen LogP contribution in [0.15, 0.2) is 12.3 Å². The van der Waals surface area contributed by atoms with E-state index in [0.29, 0.717) is 12.2 Å². The molecule has 2 atom stereocenters. The summed E-state index contributed by atoms with van der Waals surface area (Å²) in [6, 6.07) is 1.89. The summed E-state index contributed by atoms with van der Waals surface area (Å²) in [5.74, 6) is -0.390. The van der Waals surface area contributed by atoms with Crippen molar-refractivity contribution in [3.8, 4) is 0 Å². The standard InChI is InChI=1S/C14H22N4O2/c1-9(7-17(2)3)16-13(19)11-8-18(4)14(20)12-10(11)5-6-15-12/h5-6,9,11,15H,7-8H2,1-4H3,(H,16,19). The molecule has 0 aliphatic carbocycles. The lowest BCUT2D eigenvalue weighted by molar-refractivity contribution is -0.123. The second kappa shape index (κ2) is 5.66. The maximum Gasteiger partial charge on any atom is 0.270 e. The molecule has 20 heavy (non-hydrogen) atoms. The van der Waals surface area contributed by atoms with Gasteiger partial charge in [-0.3, -0.25) is 9.59 Å². The van der Waals surface area contributed by atoms with Gasteiger partial charge in [0.2, 0.25) is 5.91 Å². The first kappa shape index (κ1) is 14.6. The number of H-pyrrole nitrogens is 1. The van der Waals surface area contributed by atoms with Gasteiger partial charge in [-0.25, -0.2) is 0 Å². The number of carbonyl (C=O) groups excluding carboxylic acids is 2. The maximum absolute atomic E-state index is 12.4. The van der Waals surface area contributed by atoms with Crippen LogP contribution in [-0.2, 0) is 4.79 Å². The minimum Gasteiger partial charge on any atom is -0.357 e.